The molecule has 31 heavy (non-hydrogen) atoms. The van der Waals surface area contributed by atoms with Gasteiger partial charge in [0.25, 0.3) is 11.8 Å². The van der Waals surface area contributed by atoms with E-state index in [2.05, 4.69) is 5.32 Å². The second kappa shape index (κ2) is 8.92. The van der Waals surface area contributed by atoms with E-state index in [4.69, 9.17) is 9.47 Å². The number of nitrogens with one attached hydrogen (secondary N) is 1. The average Bonchev–Trinajstić information content (AvgIpc) is 2.91. The van der Waals surface area contributed by atoms with Crippen molar-refractivity contribution in [2.75, 3.05) is 12.4 Å². The molecule has 4 rings (SSSR count). The summed E-state index contributed by atoms with van der Waals surface area (Å²) in [5, 5.41) is 2.92. The van der Waals surface area contributed by atoms with Crippen molar-refractivity contribution in [1.82, 2.24) is 4.90 Å². The van der Waals surface area contributed by atoms with Gasteiger partial charge >= 0.3 is 0 Å². The van der Waals surface area contributed by atoms with E-state index in [1.54, 1.807) is 43.2 Å². The summed E-state index contributed by atoms with van der Waals surface area (Å²) in [6.07, 6.45) is -0.610. The second-order valence-corrected chi connectivity index (χ2v) is 7.41. The van der Waals surface area contributed by atoms with Crippen molar-refractivity contribution >= 4 is 17.5 Å². The molecule has 0 saturated heterocycles. The Balaban J connectivity index is 1.59. The number of nitrogens with zero attached hydrogens (tertiary/aromatic N) is 1. The molecule has 2 amide bonds. The number of hydrogen-bond donors (Lipinski definition) is 1. The predicted molar refractivity (Wildman–Crippen MR) is 118 cm³/mol. The first-order chi connectivity index (χ1) is 15.0. The number of carbonyl (C=O) groups is 2. The number of rotatable bonds is 5. The van der Waals surface area contributed by atoms with Gasteiger partial charge in [-0.25, -0.2) is 0 Å². The smallest absolute Gasteiger partial charge is 0.263 e. The van der Waals surface area contributed by atoms with Crippen LogP contribution in [0, 0.1) is 0 Å². The number of carbonyl (C=O) groups excluding carboxylic acids is 2. The average molecular weight is 416 g/mol. The summed E-state index contributed by atoms with van der Waals surface area (Å²) in [6.45, 7) is 2.51. The summed E-state index contributed by atoms with van der Waals surface area (Å²) in [5.41, 5.74) is 2.98. The van der Waals surface area contributed by atoms with Crippen molar-refractivity contribution in [2.45, 2.75) is 26.1 Å². The Labute approximate surface area is 181 Å². The highest BCUT2D eigenvalue weighted by molar-refractivity contribution is 6.04. The third-order valence-electron chi connectivity index (χ3n) is 5.23. The van der Waals surface area contributed by atoms with Gasteiger partial charge in [0.2, 0.25) is 0 Å². The Kier molecular flexibility index (Phi) is 5.89. The van der Waals surface area contributed by atoms with E-state index in [1.807, 2.05) is 48.5 Å². The molecule has 1 unspecified atom stereocenters. The molecule has 1 heterocycles. The monoisotopic (exact) mass is 416 g/mol. The van der Waals surface area contributed by atoms with Crippen LogP contribution in [0.25, 0.3) is 0 Å². The molecule has 6 heteroatoms. The molecule has 6 nitrogen and oxygen atoms in total. The fourth-order valence-corrected chi connectivity index (χ4v) is 3.64. The fourth-order valence-electron chi connectivity index (χ4n) is 3.64. The predicted octanol–water partition coefficient (Wildman–Crippen LogP) is 4.26. The molecule has 1 N–H and O–H groups in total. The van der Waals surface area contributed by atoms with E-state index in [0.29, 0.717) is 30.1 Å². The molecule has 0 radical (unpaired) electrons. The van der Waals surface area contributed by atoms with E-state index in [9.17, 15) is 9.59 Å². The van der Waals surface area contributed by atoms with E-state index in [1.165, 1.54) is 0 Å². The maximum atomic E-state index is 13.0. The molecule has 0 spiro atoms. The van der Waals surface area contributed by atoms with Crippen LogP contribution in [0.2, 0.25) is 0 Å². The van der Waals surface area contributed by atoms with Gasteiger partial charge in [0.15, 0.2) is 6.10 Å². The number of para-hydroxylation sites is 1. The molecule has 1 atom stereocenters. The summed E-state index contributed by atoms with van der Waals surface area (Å²) in [7, 11) is 1.62. The first kappa shape index (κ1) is 20.5. The number of fused-ring (bicyclic) bond motifs is 1. The van der Waals surface area contributed by atoms with Crippen molar-refractivity contribution < 1.29 is 19.1 Å². The number of amides is 2. The zero-order valence-corrected chi connectivity index (χ0v) is 17.5. The molecule has 158 valence electrons. The van der Waals surface area contributed by atoms with Crippen molar-refractivity contribution in [3.63, 3.8) is 0 Å². The van der Waals surface area contributed by atoms with E-state index >= 15 is 0 Å². The lowest BCUT2D eigenvalue weighted by Gasteiger charge is -2.23. The fraction of sp³-hybridized carbons (Fsp3) is 0.200. The molecule has 0 bridgehead atoms. The summed E-state index contributed by atoms with van der Waals surface area (Å²) in [6, 6.07) is 22.1. The second-order valence-electron chi connectivity index (χ2n) is 7.41. The van der Waals surface area contributed by atoms with Crippen LogP contribution in [0.15, 0.2) is 72.8 Å². The van der Waals surface area contributed by atoms with Crippen LogP contribution in [0.4, 0.5) is 5.69 Å². The molecular weight excluding hydrogens is 392 g/mol. The highest BCUT2D eigenvalue weighted by Crippen LogP contribution is 2.30. The van der Waals surface area contributed by atoms with Gasteiger partial charge < -0.3 is 19.7 Å². The summed E-state index contributed by atoms with van der Waals surface area (Å²) < 4.78 is 11.3. The first-order valence-corrected chi connectivity index (χ1v) is 10.1. The third-order valence-corrected chi connectivity index (χ3v) is 5.23. The number of anilines is 1. The van der Waals surface area contributed by atoms with Gasteiger partial charge in [0.1, 0.15) is 11.5 Å². The van der Waals surface area contributed by atoms with Crippen molar-refractivity contribution in [2.24, 2.45) is 0 Å². The minimum Gasteiger partial charge on any atom is -0.496 e. The molecule has 3 aromatic carbocycles. The summed E-state index contributed by atoms with van der Waals surface area (Å²) in [5.74, 6) is 1.08. The minimum absolute atomic E-state index is 0.100. The van der Waals surface area contributed by atoms with Gasteiger partial charge in [-0.1, -0.05) is 36.4 Å². The van der Waals surface area contributed by atoms with Crippen LogP contribution in [-0.4, -0.2) is 29.9 Å². The van der Waals surface area contributed by atoms with Crippen LogP contribution >= 0.6 is 0 Å². The molecule has 0 aliphatic carbocycles. The molecule has 3 aromatic rings. The lowest BCUT2D eigenvalue weighted by molar-refractivity contribution is -0.138. The quantitative estimate of drug-likeness (QED) is 0.675. The van der Waals surface area contributed by atoms with E-state index in [0.717, 1.165) is 16.9 Å². The zero-order valence-electron chi connectivity index (χ0n) is 17.5. The van der Waals surface area contributed by atoms with E-state index in [-0.39, 0.29) is 11.8 Å². The van der Waals surface area contributed by atoms with Gasteiger partial charge in [0, 0.05) is 35.5 Å². The number of methoxy groups -OCH3 is 1. The van der Waals surface area contributed by atoms with Gasteiger partial charge in [0.05, 0.1) is 7.11 Å². The normalized spacial score (nSPS) is 15.5. The zero-order chi connectivity index (χ0) is 21.8. The number of ether oxygens (including phenoxy) is 2. The lowest BCUT2D eigenvalue weighted by atomic mass is 10.1. The lowest BCUT2D eigenvalue weighted by Crippen LogP contribution is -2.37. The van der Waals surface area contributed by atoms with Crippen LogP contribution in [0.3, 0.4) is 0 Å². The Bertz CT molecular complexity index is 1100. The van der Waals surface area contributed by atoms with Crippen LogP contribution in [0.1, 0.15) is 28.4 Å². The SMILES string of the molecule is COc1ccccc1CN1Cc2cc(NC(=O)c3ccccc3)ccc2OC(C)C1=O. The Morgan fingerprint density at radius 2 is 1.84 bits per heavy atom. The van der Waals surface area contributed by atoms with E-state index < -0.39 is 6.10 Å². The maximum absolute atomic E-state index is 13.0. The topological polar surface area (TPSA) is 67.9 Å². The molecule has 0 fully saturated rings. The standard InChI is InChI=1S/C25H24N2O4/c1-17-25(29)27(15-19-10-6-7-11-22(19)30-2)16-20-14-21(12-13-23(20)31-17)26-24(28)18-8-4-3-5-9-18/h3-14,17H,15-16H2,1-2H3,(H,26,28). The minimum atomic E-state index is -0.610. The Morgan fingerprint density at radius 1 is 1.10 bits per heavy atom. The first-order valence-electron chi connectivity index (χ1n) is 10.1. The highest BCUT2D eigenvalue weighted by atomic mass is 16.5. The van der Waals surface area contributed by atoms with Gasteiger partial charge in [-0.15, -0.1) is 0 Å². The largest absolute Gasteiger partial charge is 0.496 e. The maximum Gasteiger partial charge on any atom is 0.263 e. The number of hydrogen-bond acceptors (Lipinski definition) is 4. The molecule has 0 aromatic heterocycles. The molecule has 1 aliphatic heterocycles. The number of benzene rings is 3. The molecular formula is C25H24N2O4. The van der Waals surface area contributed by atoms with Gasteiger partial charge in [-0.3, -0.25) is 9.59 Å². The van der Waals surface area contributed by atoms with Crippen LogP contribution in [-0.2, 0) is 17.9 Å². The third kappa shape index (κ3) is 4.53. The van der Waals surface area contributed by atoms with Crippen LogP contribution < -0.4 is 14.8 Å². The van der Waals surface area contributed by atoms with Crippen molar-refractivity contribution in [3.8, 4) is 11.5 Å². The molecule has 0 saturated carbocycles. The Hall–Kier alpha value is -3.80. The van der Waals surface area contributed by atoms with Gasteiger partial charge in [-0.05, 0) is 43.3 Å². The summed E-state index contributed by atoms with van der Waals surface area (Å²) >= 11 is 0. The van der Waals surface area contributed by atoms with Gasteiger partial charge in [-0.2, -0.15) is 0 Å². The van der Waals surface area contributed by atoms with Crippen molar-refractivity contribution in [3.05, 3.63) is 89.5 Å². The summed E-state index contributed by atoms with van der Waals surface area (Å²) in [4.78, 5) is 27.2. The Morgan fingerprint density at radius 3 is 2.61 bits per heavy atom. The van der Waals surface area contributed by atoms with Crippen molar-refractivity contribution in [1.29, 1.82) is 0 Å². The molecule has 1 aliphatic rings. The highest BCUT2D eigenvalue weighted by Gasteiger charge is 2.28. The van der Waals surface area contributed by atoms with Crippen LogP contribution in [0.5, 0.6) is 11.5 Å².